The minimum atomic E-state index is -3.82. The summed E-state index contributed by atoms with van der Waals surface area (Å²) in [5, 5.41) is 9.10. The molecule has 0 radical (unpaired) electrons. The number of rotatable bonds is 4. The first-order chi connectivity index (χ1) is 8.24. The summed E-state index contributed by atoms with van der Waals surface area (Å²) in [4.78, 5) is 23.8. The smallest absolute Gasteiger partial charge is 0.410 e. The van der Waals surface area contributed by atoms with Gasteiger partial charge in [0.1, 0.15) is 6.61 Å². The van der Waals surface area contributed by atoms with Crippen LogP contribution >= 0.6 is 0 Å². The highest BCUT2D eigenvalue weighted by Crippen LogP contribution is 2.30. The third-order valence-corrected chi connectivity index (χ3v) is 4.84. The van der Waals surface area contributed by atoms with Crippen LogP contribution in [0.1, 0.15) is 6.42 Å². The third-order valence-electron chi connectivity index (χ3n) is 2.91. The lowest BCUT2D eigenvalue weighted by atomic mass is 10.1. The molecular weight excluding hydrogens is 262 g/mol. The Balaban J connectivity index is 2.88. The first-order valence-electron chi connectivity index (χ1n) is 5.20. The van der Waals surface area contributed by atoms with Crippen molar-refractivity contribution in [1.82, 2.24) is 4.90 Å². The number of hydrogen-bond donors (Lipinski definition) is 1. The van der Waals surface area contributed by atoms with Crippen molar-refractivity contribution >= 4 is 21.9 Å². The summed E-state index contributed by atoms with van der Waals surface area (Å²) in [6, 6.07) is 0. The number of aliphatic carboxylic acids is 1. The molecule has 1 amide bonds. The van der Waals surface area contributed by atoms with Gasteiger partial charge >= 0.3 is 12.1 Å². The molecule has 1 atom stereocenters. The summed E-state index contributed by atoms with van der Waals surface area (Å²) >= 11 is 0. The number of carbonyl (C=O) groups is 2. The molecule has 7 nitrogen and oxygen atoms in total. The molecule has 1 aliphatic heterocycles. The van der Waals surface area contributed by atoms with E-state index in [4.69, 9.17) is 9.84 Å². The van der Waals surface area contributed by atoms with Crippen molar-refractivity contribution in [2.24, 2.45) is 0 Å². The normalized spacial score (nSPS) is 23.7. The first-order valence-corrected chi connectivity index (χ1v) is 7.09. The molecule has 102 valence electrons. The minimum Gasteiger partial charge on any atom is -0.480 e. The number of hydrogen-bond acceptors (Lipinski definition) is 5. The Bertz CT molecular complexity index is 471. The molecule has 0 bridgehead atoms. The average Bonchev–Trinajstić information content (AvgIpc) is 2.71. The SMILES string of the molecule is C=CCOC(=O)N1CCC(C(=O)O)(S(C)(=O)=O)C1. The van der Waals surface area contributed by atoms with Gasteiger partial charge in [-0.3, -0.25) is 4.79 Å². The Morgan fingerprint density at radius 3 is 2.56 bits per heavy atom. The number of sulfone groups is 1. The summed E-state index contributed by atoms with van der Waals surface area (Å²) in [5.74, 6) is -1.44. The van der Waals surface area contributed by atoms with Crippen LogP contribution < -0.4 is 0 Å². The molecule has 1 aliphatic rings. The van der Waals surface area contributed by atoms with Gasteiger partial charge in [0.15, 0.2) is 14.6 Å². The fraction of sp³-hybridized carbons (Fsp3) is 0.600. The van der Waals surface area contributed by atoms with Crippen molar-refractivity contribution in [3.05, 3.63) is 12.7 Å². The van der Waals surface area contributed by atoms with Crippen LogP contribution in [-0.4, -0.2) is 61.2 Å². The lowest BCUT2D eigenvalue weighted by Crippen LogP contribution is -2.48. The van der Waals surface area contributed by atoms with E-state index in [0.29, 0.717) is 0 Å². The number of amides is 1. The van der Waals surface area contributed by atoms with Crippen molar-refractivity contribution in [1.29, 1.82) is 0 Å². The van der Waals surface area contributed by atoms with E-state index in [-0.39, 0.29) is 19.6 Å². The number of likely N-dealkylation sites (tertiary alicyclic amines) is 1. The van der Waals surface area contributed by atoms with Crippen LogP contribution in [0.15, 0.2) is 12.7 Å². The van der Waals surface area contributed by atoms with Crippen LogP contribution in [0, 0.1) is 0 Å². The largest absolute Gasteiger partial charge is 0.480 e. The van der Waals surface area contributed by atoms with Gasteiger partial charge < -0.3 is 14.7 Å². The van der Waals surface area contributed by atoms with Crippen LogP contribution in [0.5, 0.6) is 0 Å². The summed E-state index contributed by atoms with van der Waals surface area (Å²) < 4.78 is 26.0. The molecule has 0 saturated carbocycles. The van der Waals surface area contributed by atoms with Gasteiger partial charge in [0, 0.05) is 12.8 Å². The zero-order valence-electron chi connectivity index (χ0n) is 9.96. The van der Waals surface area contributed by atoms with Crippen molar-refractivity contribution in [3.8, 4) is 0 Å². The van der Waals surface area contributed by atoms with E-state index in [0.717, 1.165) is 11.2 Å². The van der Waals surface area contributed by atoms with Crippen LogP contribution in [0.3, 0.4) is 0 Å². The number of ether oxygens (including phenoxy) is 1. The van der Waals surface area contributed by atoms with Crippen LogP contribution in [0.2, 0.25) is 0 Å². The topological polar surface area (TPSA) is 101 Å². The van der Waals surface area contributed by atoms with Crippen LogP contribution in [0.25, 0.3) is 0 Å². The number of carbonyl (C=O) groups excluding carboxylic acids is 1. The fourth-order valence-electron chi connectivity index (χ4n) is 1.80. The second-order valence-electron chi connectivity index (χ2n) is 4.11. The summed E-state index contributed by atoms with van der Waals surface area (Å²) in [6.45, 7) is 3.01. The molecule has 1 heterocycles. The van der Waals surface area contributed by atoms with Crippen molar-refractivity contribution in [3.63, 3.8) is 0 Å². The predicted molar refractivity (Wildman–Crippen MR) is 62.9 cm³/mol. The van der Waals surface area contributed by atoms with Gasteiger partial charge in [0.05, 0.1) is 6.54 Å². The zero-order valence-corrected chi connectivity index (χ0v) is 10.8. The average molecular weight is 277 g/mol. The van der Waals surface area contributed by atoms with E-state index >= 15 is 0 Å². The second kappa shape index (κ2) is 4.97. The number of carboxylic acid groups (broad SMARTS) is 1. The Kier molecular flexibility index (Phi) is 4.00. The van der Waals surface area contributed by atoms with Crippen molar-refractivity contribution in [2.45, 2.75) is 11.2 Å². The monoisotopic (exact) mass is 277 g/mol. The third kappa shape index (κ3) is 2.47. The van der Waals surface area contributed by atoms with Crippen LogP contribution in [-0.2, 0) is 19.4 Å². The maximum atomic E-state index is 11.6. The molecule has 8 heteroatoms. The minimum absolute atomic E-state index is 0.00567. The molecule has 18 heavy (non-hydrogen) atoms. The van der Waals surface area contributed by atoms with Gasteiger partial charge in [-0.25, -0.2) is 13.2 Å². The molecule has 0 aromatic rings. The van der Waals surface area contributed by atoms with E-state index in [9.17, 15) is 18.0 Å². The van der Waals surface area contributed by atoms with E-state index in [1.807, 2.05) is 0 Å². The highest BCUT2D eigenvalue weighted by Gasteiger charge is 2.54. The molecule has 1 unspecified atom stereocenters. The molecule has 1 fully saturated rings. The first kappa shape index (κ1) is 14.5. The Hall–Kier alpha value is -1.57. The van der Waals surface area contributed by atoms with E-state index < -0.39 is 33.2 Å². The molecule has 1 rings (SSSR count). The summed E-state index contributed by atoms with van der Waals surface area (Å²) in [7, 11) is -3.82. The standard InChI is InChI=1S/C10H15NO6S/c1-3-6-17-9(14)11-5-4-10(7-11,8(12)13)18(2,15)16/h3H,1,4-7H2,2H3,(H,12,13). The molecule has 1 saturated heterocycles. The number of carboxylic acids is 1. The summed E-state index contributed by atoms with van der Waals surface area (Å²) in [5.41, 5.74) is 0. The lowest BCUT2D eigenvalue weighted by Gasteiger charge is -2.22. The molecule has 0 aromatic carbocycles. The maximum Gasteiger partial charge on any atom is 0.410 e. The van der Waals surface area contributed by atoms with Gasteiger partial charge in [0.2, 0.25) is 0 Å². The van der Waals surface area contributed by atoms with E-state index in [1.165, 1.54) is 6.08 Å². The highest BCUT2D eigenvalue weighted by atomic mass is 32.2. The van der Waals surface area contributed by atoms with Gasteiger partial charge in [-0.05, 0) is 6.42 Å². The van der Waals surface area contributed by atoms with E-state index in [1.54, 1.807) is 0 Å². The number of nitrogens with zero attached hydrogens (tertiary/aromatic N) is 1. The van der Waals surface area contributed by atoms with Gasteiger partial charge in [-0.1, -0.05) is 12.7 Å². The van der Waals surface area contributed by atoms with Gasteiger partial charge in [-0.2, -0.15) is 0 Å². The van der Waals surface area contributed by atoms with Gasteiger partial charge in [0.25, 0.3) is 0 Å². The molecule has 0 aliphatic carbocycles. The predicted octanol–water partition coefficient (Wildman–Crippen LogP) is -0.117. The zero-order chi connectivity index (χ0) is 14.0. The molecule has 0 spiro atoms. The second-order valence-corrected chi connectivity index (χ2v) is 6.43. The summed E-state index contributed by atoms with van der Waals surface area (Å²) in [6.07, 6.45) is 1.36. The quantitative estimate of drug-likeness (QED) is 0.719. The van der Waals surface area contributed by atoms with Gasteiger partial charge in [-0.15, -0.1) is 0 Å². The fourth-order valence-corrected chi connectivity index (χ4v) is 2.96. The Labute approximate surface area is 105 Å². The van der Waals surface area contributed by atoms with Crippen molar-refractivity contribution in [2.75, 3.05) is 26.0 Å². The Morgan fingerprint density at radius 1 is 1.56 bits per heavy atom. The molecule has 0 aromatic heterocycles. The molecular formula is C10H15NO6S. The van der Waals surface area contributed by atoms with E-state index in [2.05, 4.69) is 6.58 Å². The van der Waals surface area contributed by atoms with Crippen molar-refractivity contribution < 1.29 is 27.9 Å². The Morgan fingerprint density at radius 2 is 2.17 bits per heavy atom. The highest BCUT2D eigenvalue weighted by molar-refractivity contribution is 7.92. The lowest BCUT2D eigenvalue weighted by molar-refractivity contribution is -0.139. The maximum absolute atomic E-state index is 11.6. The molecule has 1 N–H and O–H groups in total. The van der Waals surface area contributed by atoms with Crippen LogP contribution in [0.4, 0.5) is 4.79 Å².